The number of rotatable bonds is 1. The summed E-state index contributed by atoms with van der Waals surface area (Å²) < 4.78 is 2.20. The SMILES string of the molecule is CC1(C)CC(n2c(N)nc3ccc(Cl)cc32)CC(C)(C)C1. The van der Waals surface area contributed by atoms with Gasteiger partial charge in [-0.15, -0.1) is 0 Å². The number of aromatic nitrogens is 2. The van der Waals surface area contributed by atoms with E-state index in [0.717, 1.165) is 28.9 Å². The van der Waals surface area contributed by atoms with Crippen LogP contribution in [0.3, 0.4) is 0 Å². The maximum atomic E-state index is 6.22. The molecule has 3 nitrogen and oxygen atoms in total. The van der Waals surface area contributed by atoms with E-state index < -0.39 is 0 Å². The second-order valence-electron chi connectivity index (χ2n) is 8.04. The second kappa shape index (κ2) is 4.64. The van der Waals surface area contributed by atoms with Crippen LogP contribution >= 0.6 is 11.6 Å². The Morgan fingerprint density at radius 1 is 1.19 bits per heavy atom. The van der Waals surface area contributed by atoms with Crippen LogP contribution < -0.4 is 5.73 Å². The third-order valence-corrected chi connectivity index (χ3v) is 4.81. The number of nitrogen functional groups attached to an aromatic ring is 1. The quantitative estimate of drug-likeness (QED) is 0.801. The fourth-order valence-electron chi connectivity index (χ4n) is 4.44. The Morgan fingerprint density at radius 2 is 1.81 bits per heavy atom. The summed E-state index contributed by atoms with van der Waals surface area (Å²) in [5.41, 5.74) is 8.83. The van der Waals surface area contributed by atoms with Crippen molar-refractivity contribution in [1.82, 2.24) is 9.55 Å². The molecule has 0 bridgehead atoms. The smallest absolute Gasteiger partial charge is 0.201 e. The zero-order valence-corrected chi connectivity index (χ0v) is 14.0. The summed E-state index contributed by atoms with van der Waals surface area (Å²) in [5, 5.41) is 0.734. The molecule has 0 saturated heterocycles. The first-order valence-electron chi connectivity index (χ1n) is 7.60. The van der Waals surface area contributed by atoms with Gasteiger partial charge in [0, 0.05) is 11.1 Å². The van der Waals surface area contributed by atoms with Crippen LogP contribution in [-0.4, -0.2) is 9.55 Å². The summed E-state index contributed by atoms with van der Waals surface area (Å²) in [5.74, 6) is 0.603. The molecule has 21 heavy (non-hydrogen) atoms. The Morgan fingerprint density at radius 3 is 2.43 bits per heavy atom. The molecule has 1 saturated carbocycles. The highest BCUT2D eigenvalue weighted by Gasteiger charge is 2.40. The molecule has 1 aromatic heterocycles. The number of nitrogens with zero attached hydrogens (tertiary/aromatic N) is 2. The van der Waals surface area contributed by atoms with Gasteiger partial charge in [0.05, 0.1) is 11.0 Å². The average Bonchev–Trinajstić information content (AvgIpc) is 2.60. The number of anilines is 1. The van der Waals surface area contributed by atoms with Gasteiger partial charge in [0.1, 0.15) is 0 Å². The van der Waals surface area contributed by atoms with E-state index in [0.29, 0.717) is 22.8 Å². The molecule has 0 amide bonds. The lowest BCUT2D eigenvalue weighted by Gasteiger charge is -2.45. The van der Waals surface area contributed by atoms with Crippen LogP contribution in [0.4, 0.5) is 5.95 Å². The van der Waals surface area contributed by atoms with Gasteiger partial charge in [-0.25, -0.2) is 4.98 Å². The van der Waals surface area contributed by atoms with Gasteiger partial charge in [0.25, 0.3) is 0 Å². The predicted molar refractivity (Wildman–Crippen MR) is 89.6 cm³/mol. The standard InChI is InChI=1S/C17H24ClN3/c1-16(2)8-12(9-17(3,4)10-16)21-14-7-11(18)5-6-13(14)20-15(21)19/h5-7,12H,8-10H2,1-4H3,(H2,19,20). The van der Waals surface area contributed by atoms with Crippen LogP contribution in [0.5, 0.6) is 0 Å². The fourth-order valence-corrected chi connectivity index (χ4v) is 4.61. The summed E-state index contributed by atoms with van der Waals surface area (Å²) in [6, 6.07) is 6.18. The van der Waals surface area contributed by atoms with Gasteiger partial charge in [-0.2, -0.15) is 0 Å². The second-order valence-corrected chi connectivity index (χ2v) is 8.48. The minimum atomic E-state index is 0.314. The van der Waals surface area contributed by atoms with Crippen molar-refractivity contribution in [3.63, 3.8) is 0 Å². The van der Waals surface area contributed by atoms with Crippen LogP contribution in [-0.2, 0) is 0 Å². The third kappa shape index (κ3) is 2.76. The molecule has 2 N–H and O–H groups in total. The topological polar surface area (TPSA) is 43.8 Å². The van der Waals surface area contributed by atoms with E-state index in [9.17, 15) is 0 Å². The van der Waals surface area contributed by atoms with Gasteiger partial charge in [0.2, 0.25) is 5.95 Å². The Bertz CT molecular complexity index is 669. The molecule has 1 fully saturated rings. The van der Waals surface area contributed by atoms with Gasteiger partial charge in [-0.1, -0.05) is 39.3 Å². The van der Waals surface area contributed by atoms with E-state index in [1.54, 1.807) is 0 Å². The van der Waals surface area contributed by atoms with Crippen LogP contribution in [0, 0.1) is 10.8 Å². The fraction of sp³-hybridized carbons (Fsp3) is 0.588. The van der Waals surface area contributed by atoms with Crippen LogP contribution in [0.25, 0.3) is 11.0 Å². The van der Waals surface area contributed by atoms with E-state index in [4.69, 9.17) is 17.3 Å². The van der Waals surface area contributed by atoms with E-state index in [1.807, 2.05) is 18.2 Å². The monoisotopic (exact) mass is 305 g/mol. The van der Waals surface area contributed by atoms with Gasteiger partial charge in [-0.05, 0) is 48.3 Å². The van der Waals surface area contributed by atoms with E-state index in [-0.39, 0.29) is 0 Å². The first kappa shape index (κ1) is 14.7. The molecule has 1 heterocycles. The molecule has 4 heteroatoms. The number of benzene rings is 1. The van der Waals surface area contributed by atoms with Crippen molar-refractivity contribution in [2.75, 3.05) is 5.73 Å². The molecule has 2 aromatic rings. The normalized spacial score (nSPS) is 21.8. The highest BCUT2D eigenvalue weighted by atomic mass is 35.5. The summed E-state index contributed by atoms with van der Waals surface area (Å²) in [7, 11) is 0. The summed E-state index contributed by atoms with van der Waals surface area (Å²) in [6.45, 7) is 9.40. The molecule has 0 aliphatic heterocycles. The third-order valence-electron chi connectivity index (χ3n) is 4.58. The maximum absolute atomic E-state index is 6.22. The van der Waals surface area contributed by atoms with Crippen molar-refractivity contribution in [1.29, 1.82) is 0 Å². The van der Waals surface area contributed by atoms with Crippen LogP contribution in [0.1, 0.15) is 53.0 Å². The number of halogens is 1. The Balaban J connectivity index is 2.11. The summed E-state index contributed by atoms with van der Waals surface area (Å²) in [6.07, 6.45) is 3.49. The zero-order valence-electron chi connectivity index (χ0n) is 13.3. The largest absolute Gasteiger partial charge is 0.369 e. The molecular weight excluding hydrogens is 282 g/mol. The van der Waals surface area contributed by atoms with Crippen LogP contribution in [0.15, 0.2) is 18.2 Å². The highest BCUT2D eigenvalue weighted by molar-refractivity contribution is 6.31. The minimum absolute atomic E-state index is 0.314. The van der Waals surface area contributed by atoms with Crippen molar-refractivity contribution in [2.45, 2.75) is 53.0 Å². The van der Waals surface area contributed by atoms with E-state index >= 15 is 0 Å². The zero-order chi connectivity index (χ0) is 15.4. The Labute approximate surface area is 131 Å². The first-order chi connectivity index (χ1) is 9.67. The van der Waals surface area contributed by atoms with Crippen molar-refractivity contribution in [3.8, 4) is 0 Å². The summed E-state index contributed by atoms with van der Waals surface area (Å²) in [4.78, 5) is 4.51. The van der Waals surface area contributed by atoms with Crippen molar-refractivity contribution < 1.29 is 0 Å². The number of imidazole rings is 1. The first-order valence-corrected chi connectivity index (χ1v) is 7.98. The molecule has 0 radical (unpaired) electrons. The van der Waals surface area contributed by atoms with Gasteiger partial charge >= 0.3 is 0 Å². The van der Waals surface area contributed by atoms with Crippen LogP contribution in [0.2, 0.25) is 5.02 Å². The molecule has 1 aliphatic carbocycles. The van der Waals surface area contributed by atoms with Crippen molar-refractivity contribution >= 4 is 28.6 Å². The lowest BCUT2D eigenvalue weighted by Crippen LogP contribution is -2.35. The van der Waals surface area contributed by atoms with Crippen molar-refractivity contribution in [2.24, 2.45) is 10.8 Å². The van der Waals surface area contributed by atoms with Gasteiger partial charge < -0.3 is 10.3 Å². The lowest BCUT2D eigenvalue weighted by atomic mass is 9.63. The molecule has 3 rings (SSSR count). The summed E-state index contributed by atoms with van der Waals surface area (Å²) >= 11 is 6.17. The predicted octanol–water partition coefficient (Wildman–Crippen LogP) is 5.05. The minimum Gasteiger partial charge on any atom is -0.369 e. The molecule has 1 aromatic carbocycles. The average molecular weight is 306 g/mol. The molecule has 1 aliphatic rings. The highest BCUT2D eigenvalue weighted by Crippen LogP contribution is 2.51. The van der Waals surface area contributed by atoms with E-state index in [1.165, 1.54) is 6.42 Å². The maximum Gasteiger partial charge on any atom is 0.201 e. The number of hydrogen-bond acceptors (Lipinski definition) is 2. The Kier molecular flexibility index (Phi) is 3.25. The number of nitrogens with two attached hydrogens (primary N) is 1. The van der Waals surface area contributed by atoms with Gasteiger partial charge in [0.15, 0.2) is 0 Å². The van der Waals surface area contributed by atoms with Crippen molar-refractivity contribution in [3.05, 3.63) is 23.2 Å². The van der Waals surface area contributed by atoms with E-state index in [2.05, 4.69) is 37.2 Å². The lowest BCUT2D eigenvalue weighted by molar-refractivity contribution is 0.0747. The molecule has 0 spiro atoms. The molecule has 0 unspecified atom stereocenters. The molecular formula is C17H24ClN3. The Hall–Kier alpha value is -1.22. The molecule has 114 valence electrons. The van der Waals surface area contributed by atoms with Gasteiger partial charge in [-0.3, -0.25) is 0 Å². The number of hydrogen-bond donors (Lipinski definition) is 1. The number of fused-ring (bicyclic) bond motifs is 1. The molecule has 0 atom stereocenters.